The van der Waals surface area contributed by atoms with Crippen molar-refractivity contribution in [3.8, 4) is 5.75 Å². The molecule has 2 N–H and O–H groups in total. The standard InChI is InChI=1S/C18H29NO/c1-4-9-17(10-5-2)12-18(13-17,14-19)15-7-6-8-16(11-15)20-3/h6-8,11H,4-5,9-10,12-14,19H2,1-3H3. The zero-order valence-electron chi connectivity index (χ0n) is 13.2. The van der Waals surface area contributed by atoms with Crippen LogP contribution in [0.2, 0.25) is 0 Å². The van der Waals surface area contributed by atoms with E-state index in [-0.39, 0.29) is 5.41 Å². The minimum absolute atomic E-state index is 0.179. The van der Waals surface area contributed by atoms with Crippen LogP contribution in [0.15, 0.2) is 24.3 Å². The number of benzene rings is 1. The summed E-state index contributed by atoms with van der Waals surface area (Å²) in [6.07, 6.45) is 7.72. The molecule has 2 rings (SSSR count). The van der Waals surface area contributed by atoms with E-state index >= 15 is 0 Å². The fourth-order valence-electron chi connectivity index (χ4n) is 4.34. The van der Waals surface area contributed by atoms with Crippen molar-refractivity contribution in [3.05, 3.63) is 29.8 Å². The average molecular weight is 275 g/mol. The lowest BCUT2D eigenvalue weighted by atomic mass is 9.48. The van der Waals surface area contributed by atoms with Gasteiger partial charge in [0.15, 0.2) is 0 Å². The van der Waals surface area contributed by atoms with Crippen molar-refractivity contribution in [2.75, 3.05) is 13.7 Å². The van der Waals surface area contributed by atoms with Gasteiger partial charge in [-0.3, -0.25) is 0 Å². The minimum atomic E-state index is 0.179. The highest BCUT2D eigenvalue weighted by molar-refractivity contribution is 5.37. The summed E-state index contributed by atoms with van der Waals surface area (Å²) in [5.41, 5.74) is 8.24. The van der Waals surface area contributed by atoms with E-state index in [1.807, 2.05) is 6.07 Å². The lowest BCUT2D eigenvalue weighted by molar-refractivity contribution is 0.00774. The molecule has 112 valence electrons. The third-order valence-corrected chi connectivity index (χ3v) is 5.06. The molecule has 1 aromatic carbocycles. The second-order valence-electron chi connectivity index (χ2n) is 6.57. The number of nitrogens with two attached hydrogens (primary N) is 1. The van der Waals surface area contributed by atoms with Crippen LogP contribution in [-0.4, -0.2) is 13.7 Å². The van der Waals surface area contributed by atoms with Gasteiger partial charge in [0, 0.05) is 12.0 Å². The summed E-state index contributed by atoms with van der Waals surface area (Å²) >= 11 is 0. The highest BCUT2D eigenvalue weighted by atomic mass is 16.5. The zero-order chi connectivity index (χ0) is 14.6. The lowest BCUT2D eigenvalue weighted by Crippen LogP contribution is -2.53. The van der Waals surface area contributed by atoms with Crippen LogP contribution in [0, 0.1) is 5.41 Å². The SMILES string of the molecule is CCCC1(CCC)CC(CN)(c2cccc(OC)c2)C1. The maximum absolute atomic E-state index is 6.16. The second-order valence-corrected chi connectivity index (χ2v) is 6.57. The van der Waals surface area contributed by atoms with Crippen LogP contribution >= 0.6 is 0 Å². The molecule has 1 saturated carbocycles. The summed E-state index contributed by atoms with van der Waals surface area (Å²) in [6, 6.07) is 8.49. The first-order chi connectivity index (χ1) is 9.63. The van der Waals surface area contributed by atoms with Crippen LogP contribution in [0.25, 0.3) is 0 Å². The van der Waals surface area contributed by atoms with E-state index in [0.29, 0.717) is 5.41 Å². The van der Waals surface area contributed by atoms with Crippen molar-refractivity contribution < 1.29 is 4.74 Å². The van der Waals surface area contributed by atoms with E-state index < -0.39 is 0 Å². The van der Waals surface area contributed by atoms with Gasteiger partial charge in [-0.15, -0.1) is 0 Å². The van der Waals surface area contributed by atoms with Gasteiger partial charge in [-0.25, -0.2) is 0 Å². The van der Waals surface area contributed by atoms with Crippen LogP contribution in [0.1, 0.15) is 57.9 Å². The molecule has 2 heteroatoms. The smallest absolute Gasteiger partial charge is 0.119 e. The maximum atomic E-state index is 6.16. The molecule has 1 aliphatic rings. The van der Waals surface area contributed by atoms with Crippen LogP contribution in [-0.2, 0) is 5.41 Å². The quantitative estimate of drug-likeness (QED) is 0.806. The predicted molar refractivity (Wildman–Crippen MR) is 85.2 cm³/mol. The third kappa shape index (κ3) is 2.71. The fourth-order valence-corrected chi connectivity index (χ4v) is 4.34. The van der Waals surface area contributed by atoms with Gasteiger partial charge in [0.25, 0.3) is 0 Å². The van der Waals surface area contributed by atoms with Gasteiger partial charge in [0.2, 0.25) is 0 Å². The molecule has 0 saturated heterocycles. The maximum Gasteiger partial charge on any atom is 0.119 e. The van der Waals surface area contributed by atoms with Gasteiger partial charge in [-0.1, -0.05) is 38.8 Å². The molecule has 0 aromatic heterocycles. The Balaban J connectivity index is 2.20. The Hall–Kier alpha value is -1.02. The van der Waals surface area contributed by atoms with Gasteiger partial charge < -0.3 is 10.5 Å². The number of ether oxygens (including phenoxy) is 1. The first-order valence-electron chi connectivity index (χ1n) is 7.98. The van der Waals surface area contributed by atoms with E-state index in [1.54, 1.807) is 7.11 Å². The Morgan fingerprint density at radius 2 is 1.80 bits per heavy atom. The summed E-state index contributed by atoms with van der Waals surface area (Å²) < 4.78 is 5.37. The third-order valence-electron chi connectivity index (χ3n) is 5.06. The van der Waals surface area contributed by atoms with E-state index in [9.17, 15) is 0 Å². The molecule has 1 aromatic rings. The zero-order valence-corrected chi connectivity index (χ0v) is 13.2. The van der Waals surface area contributed by atoms with Crippen molar-refractivity contribution in [3.63, 3.8) is 0 Å². The van der Waals surface area contributed by atoms with E-state index in [1.165, 1.54) is 44.1 Å². The molecule has 0 amide bonds. The topological polar surface area (TPSA) is 35.2 Å². The van der Waals surface area contributed by atoms with Gasteiger partial charge >= 0.3 is 0 Å². The summed E-state index contributed by atoms with van der Waals surface area (Å²) in [7, 11) is 1.73. The first-order valence-corrected chi connectivity index (χ1v) is 7.98. The Morgan fingerprint density at radius 3 is 2.30 bits per heavy atom. The molecule has 0 unspecified atom stereocenters. The minimum Gasteiger partial charge on any atom is -0.497 e. The first kappa shape index (κ1) is 15.4. The molecule has 1 aliphatic carbocycles. The second kappa shape index (κ2) is 6.17. The number of rotatable bonds is 7. The summed E-state index contributed by atoms with van der Waals surface area (Å²) in [6.45, 7) is 5.34. The summed E-state index contributed by atoms with van der Waals surface area (Å²) in [5, 5.41) is 0. The Morgan fingerprint density at radius 1 is 1.15 bits per heavy atom. The molecule has 0 radical (unpaired) electrons. The Labute approximate surface area is 123 Å². The van der Waals surface area contributed by atoms with Crippen molar-refractivity contribution >= 4 is 0 Å². The Bertz CT molecular complexity index is 427. The van der Waals surface area contributed by atoms with E-state index in [4.69, 9.17) is 10.5 Å². The summed E-state index contributed by atoms with van der Waals surface area (Å²) in [4.78, 5) is 0. The van der Waals surface area contributed by atoms with Gasteiger partial charge in [0.05, 0.1) is 7.11 Å². The lowest BCUT2D eigenvalue weighted by Gasteiger charge is -2.57. The highest BCUT2D eigenvalue weighted by Gasteiger charge is 2.53. The number of methoxy groups -OCH3 is 1. The van der Waals surface area contributed by atoms with Gasteiger partial charge in [-0.2, -0.15) is 0 Å². The highest BCUT2D eigenvalue weighted by Crippen LogP contribution is 2.60. The van der Waals surface area contributed by atoms with Gasteiger partial charge in [0.1, 0.15) is 5.75 Å². The molecule has 0 bridgehead atoms. The number of hydrogen-bond donors (Lipinski definition) is 1. The predicted octanol–water partition coefficient (Wildman–Crippen LogP) is 4.27. The van der Waals surface area contributed by atoms with Crippen molar-refractivity contribution in [2.24, 2.45) is 11.1 Å². The summed E-state index contributed by atoms with van der Waals surface area (Å²) in [5.74, 6) is 0.943. The molecular formula is C18H29NO. The van der Waals surface area contributed by atoms with Crippen molar-refractivity contribution in [1.82, 2.24) is 0 Å². The molecular weight excluding hydrogens is 246 g/mol. The van der Waals surface area contributed by atoms with Crippen LogP contribution in [0.3, 0.4) is 0 Å². The molecule has 1 fully saturated rings. The van der Waals surface area contributed by atoms with E-state index in [2.05, 4.69) is 32.0 Å². The normalized spacial score (nSPS) is 19.4. The molecule has 20 heavy (non-hydrogen) atoms. The van der Waals surface area contributed by atoms with Crippen LogP contribution in [0.4, 0.5) is 0 Å². The van der Waals surface area contributed by atoms with Crippen molar-refractivity contribution in [2.45, 2.75) is 57.8 Å². The number of hydrogen-bond acceptors (Lipinski definition) is 2. The van der Waals surface area contributed by atoms with Gasteiger partial charge in [-0.05, 0) is 48.8 Å². The molecule has 0 spiro atoms. The largest absolute Gasteiger partial charge is 0.497 e. The molecule has 2 nitrogen and oxygen atoms in total. The average Bonchev–Trinajstić information content (AvgIpc) is 2.44. The molecule has 0 aliphatic heterocycles. The monoisotopic (exact) mass is 275 g/mol. The fraction of sp³-hybridized carbons (Fsp3) is 0.667. The molecule has 0 heterocycles. The van der Waals surface area contributed by atoms with Crippen LogP contribution < -0.4 is 10.5 Å². The molecule has 0 atom stereocenters. The van der Waals surface area contributed by atoms with Crippen LogP contribution in [0.5, 0.6) is 5.75 Å². The van der Waals surface area contributed by atoms with Crippen molar-refractivity contribution in [1.29, 1.82) is 0 Å². The Kier molecular flexibility index (Phi) is 4.74. The van der Waals surface area contributed by atoms with E-state index in [0.717, 1.165) is 12.3 Å².